The third-order valence-electron chi connectivity index (χ3n) is 4.87. The molecule has 2 aromatic rings. The highest BCUT2D eigenvalue weighted by Crippen LogP contribution is 2.32. The Balaban J connectivity index is 1.67. The standard InChI is InChI=1S/C24H27NO4/c1-15(2)19-9-7-10-20(16(3)4)23(19)25-22(26)14-29-24(27)18-12-17-8-5-6-11-21(17)28-13-18/h5-12,15-16H,13-14H2,1-4H3,(H,25,26). The lowest BCUT2D eigenvalue weighted by atomic mass is 9.92. The summed E-state index contributed by atoms with van der Waals surface area (Å²) in [5, 5.41) is 2.95. The second-order valence-electron chi connectivity index (χ2n) is 7.74. The zero-order valence-corrected chi connectivity index (χ0v) is 17.3. The fourth-order valence-corrected chi connectivity index (χ4v) is 3.33. The molecule has 1 heterocycles. The molecule has 1 amide bonds. The molecule has 3 rings (SSSR count). The maximum atomic E-state index is 12.5. The molecule has 0 unspecified atom stereocenters. The Labute approximate surface area is 171 Å². The second kappa shape index (κ2) is 8.95. The first kappa shape index (κ1) is 20.6. The molecule has 5 nitrogen and oxygen atoms in total. The molecule has 5 heteroatoms. The van der Waals surface area contributed by atoms with Crippen molar-refractivity contribution >= 4 is 23.6 Å². The fourth-order valence-electron chi connectivity index (χ4n) is 3.33. The monoisotopic (exact) mass is 393 g/mol. The number of hydrogen-bond donors (Lipinski definition) is 1. The Morgan fingerprint density at radius 1 is 1.00 bits per heavy atom. The molecular weight excluding hydrogens is 366 g/mol. The van der Waals surface area contributed by atoms with Crippen molar-refractivity contribution in [3.8, 4) is 5.75 Å². The molecule has 1 aliphatic heterocycles. The molecule has 1 aliphatic rings. The molecule has 0 radical (unpaired) electrons. The van der Waals surface area contributed by atoms with Crippen LogP contribution in [0, 0.1) is 0 Å². The summed E-state index contributed by atoms with van der Waals surface area (Å²) in [6.07, 6.45) is 1.74. The first-order valence-corrected chi connectivity index (χ1v) is 9.89. The van der Waals surface area contributed by atoms with Crippen LogP contribution in [0.4, 0.5) is 5.69 Å². The zero-order chi connectivity index (χ0) is 21.0. The van der Waals surface area contributed by atoms with Gasteiger partial charge in [-0.2, -0.15) is 0 Å². The van der Waals surface area contributed by atoms with Crippen molar-refractivity contribution in [2.24, 2.45) is 0 Å². The number of rotatable bonds is 6. The Bertz CT molecular complexity index is 917. The topological polar surface area (TPSA) is 64.6 Å². The van der Waals surface area contributed by atoms with E-state index < -0.39 is 5.97 Å². The average molecular weight is 393 g/mol. The number of hydrogen-bond acceptors (Lipinski definition) is 4. The smallest absolute Gasteiger partial charge is 0.338 e. The quantitative estimate of drug-likeness (QED) is 0.710. The van der Waals surface area contributed by atoms with E-state index in [0.717, 1.165) is 28.1 Å². The number of carbonyl (C=O) groups excluding carboxylic acids is 2. The van der Waals surface area contributed by atoms with Gasteiger partial charge in [0, 0.05) is 11.3 Å². The van der Waals surface area contributed by atoms with Gasteiger partial charge in [0.15, 0.2) is 6.61 Å². The minimum Gasteiger partial charge on any atom is -0.488 e. The van der Waals surface area contributed by atoms with Crippen LogP contribution < -0.4 is 10.1 Å². The number of fused-ring (bicyclic) bond motifs is 1. The molecule has 29 heavy (non-hydrogen) atoms. The van der Waals surface area contributed by atoms with Gasteiger partial charge in [0.25, 0.3) is 5.91 Å². The summed E-state index contributed by atoms with van der Waals surface area (Å²) in [5.41, 5.74) is 4.16. The van der Waals surface area contributed by atoms with Crippen LogP contribution in [0.3, 0.4) is 0 Å². The van der Waals surface area contributed by atoms with Crippen LogP contribution in [0.25, 0.3) is 6.08 Å². The lowest BCUT2D eigenvalue weighted by Gasteiger charge is -2.20. The molecule has 0 aliphatic carbocycles. The Kier molecular flexibility index (Phi) is 6.37. The highest BCUT2D eigenvalue weighted by Gasteiger charge is 2.20. The van der Waals surface area contributed by atoms with Crippen molar-refractivity contribution in [2.75, 3.05) is 18.5 Å². The van der Waals surface area contributed by atoms with Crippen LogP contribution in [0.5, 0.6) is 5.75 Å². The van der Waals surface area contributed by atoms with Crippen LogP contribution in [0.15, 0.2) is 48.0 Å². The molecule has 152 valence electrons. The van der Waals surface area contributed by atoms with Crippen LogP contribution >= 0.6 is 0 Å². The highest BCUT2D eigenvalue weighted by molar-refractivity contribution is 5.98. The SMILES string of the molecule is CC(C)c1cccc(C(C)C)c1NC(=O)COC(=O)C1=Cc2ccccc2OC1. The summed E-state index contributed by atoms with van der Waals surface area (Å²) in [6, 6.07) is 13.5. The predicted molar refractivity (Wildman–Crippen MR) is 114 cm³/mol. The first-order valence-electron chi connectivity index (χ1n) is 9.89. The van der Waals surface area contributed by atoms with Gasteiger partial charge in [-0.3, -0.25) is 4.79 Å². The first-order chi connectivity index (χ1) is 13.9. The second-order valence-corrected chi connectivity index (χ2v) is 7.74. The summed E-state index contributed by atoms with van der Waals surface area (Å²) in [5.74, 6) is 0.350. The van der Waals surface area contributed by atoms with Gasteiger partial charge >= 0.3 is 5.97 Å². The van der Waals surface area contributed by atoms with Crippen molar-refractivity contribution in [3.63, 3.8) is 0 Å². The number of anilines is 1. The van der Waals surface area contributed by atoms with Gasteiger partial charge in [0.05, 0.1) is 5.57 Å². The molecule has 0 fully saturated rings. The minimum absolute atomic E-state index is 0.130. The molecule has 0 bridgehead atoms. The van der Waals surface area contributed by atoms with Crippen LogP contribution in [-0.2, 0) is 14.3 Å². The van der Waals surface area contributed by atoms with Gasteiger partial charge in [-0.05, 0) is 35.1 Å². The molecule has 0 saturated heterocycles. The number of benzene rings is 2. The molecule has 1 N–H and O–H groups in total. The molecule has 2 aromatic carbocycles. The van der Waals surface area contributed by atoms with E-state index in [4.69, 9.17) is 9.47 Å². The third kappa shape index (κ3) is 4.86. The largest absolute Gasteiger partial charge is 0.488 e. The lowest BCUT2D eigenvalue weighted by molar-refractivity contribution is -0.143. The molecule has 0 atom stereocenters. The summed E-state index contributed by atoms with van der Waals surface area (Å²) in [4.78, 5) is 24.9. The number of ether oxygens (including phenoxy) is 2. The average Bonchev–Trinajstić information content (AvgIpc) is 2.71. The van der Waals surface area contributed by atoms with Gasteiger partial charge in [0.1, 0.15) is 12.4 Å². The van der Waals surface area contributed by atoms with E-state index >= 15 is 0 Å². The van der Waals surface area contributed by atoms with E-state index in [0.29, 0.717) is 5.57 Å². The number of esters is 1. The van der Waals surface area contributed by atoms with Gasteiger partial charge in [0.2, 0.25) is 0 Å². The highest BCUT2D eigenvalue weighted by atomic mass is 16.5. The predicted octanol–water partition coefficient (Wildman–Crippen LogP) is 4.89. The lowest BCUT2D eigenvalue weighted by Crippen LogP contribution is -2.25. The van der Waals surface area contributed by atoms with E-state index in [1.165, 1.54) is 0 Å². The third-order valence-corrected chi connectivity index (χ3v) is 4.87. The van der Waals surface area contributed by atoms with Gasteiger partial charge in [-0.25, -0.2) is 4.79 Å². The molecule has 0 aromatic heterocycles. The van der Waals surface area contributed by atoms with Gasteiger partial charge < -0.3 is 14.8 Å². The van der Waals surface area contributed by atoms with Crippen molar-refractivity contribution in [1.29, 1.82) is 0 Å². The number of amides is 1. The number of para-hydroxylation sites is 2. The van der Waals surface area contributed by atoms with E-state index in [2.05, 4.69) is 33.0 Å². The van der Waals surface area contributed by atoms with Crippen molar-refractivity contribution in [2.45, 2.75) is 39.5 Å². The summed E-state index contributed by atoms with van der Waals surface area (Å²) in [7, 11) is 0. The van der Waals surface area contributed by atoms with Gasteiger partial charge in [-0.1, -0.05) is 64.1 Å². The molecule has 0 saturated carbocycles. The van der Waals surface area contributed by atoms with Crippen molar-refractivity contribution in [3.05, 3.63) is 64.7 Å². The van der Waals surface area contributed by atoms with E-state index in [-0.39, 0.29) is 31.0 Å². The van der Waals surface area contributed by atoms with Crippen molar-refractivity contribution in [1.82, 2.24) is 0 Å². The fraction of sp³-hybridized carbons (Fsp3) is 0.333. The maximum Gasteiger partial charge on any atom is 0.338 e. The van der Waals surface area contributed by atoms with Crippen LogP contribution in [0.1, 0.15) is 56.2 Å². The zero-order valence-electron chi connectivity index (χ0n) is 17.3. The Morgan fingerprint density at radius 3 is 2.31 bits per heavy atom. The molecular formula is C24H27NO4. The van der Waals surface area contributed by atoms with E-state index in [1.54, 1.807) is 6.08 Å². The summed E-state index contributed by atoms with van der Waals surface area (Å²) < 4.78 is 10.8. The minimum atomic E-state index is -0.545. The van der Waals surface area contributed by atoms with Crippen LogP contribution in [0.2, 0.25) is 0 Å². The van der Waals surface area contributed by atoms with E-state index in [9.17, 15) is 9.59 Å². The molecule has 0 spiro atoms. The summed E-state index contributed by atoms with van der Waals surface area (Å²) >= 11 is 0. The van der Waals surface area contributed by atoms with E-state index in [1.807, 2.05) is 42.5 Å². The van der Waals surface area contributed by atoms with Crippen molar-refractivity contribution < 1.29 is 19.1 Å². The maximum absolute atomic E-state index is 12.5. The summed E-state index contributed by atoms with van der Waals surface area (Å²) in [6.45, 7) is 8.13. The van der Waals surface area contributed by atoms with Crippen LogP contribution in [-0.4, -0.2) is 25.1 Å². The number of nitrogens with one attached hydrogen (secondary N) is 1. The Morgan fingerprint density at radius 2 is 1.66 bits per heavy atom. The Hall–Kier alpha value is -3.08. The van der Waals surface area contributed by atoms with Gasteiger partial charge in [-0.15, -0.1) is 0 Å². The normalized spacial score (nSPS) is 12.8. The number of carbonyl (C=O) groups is 2.